The lowest BCUT2D eigenvalue weighted by Crippen LogP contribution is -2.48. The van der Waals surface area contributed by atoms with E-state index in [-0.39, 0.29) is 17.4 Å². The molecule has 0 aliphatic carbocycles. The van der Waals surface area contributed by atoms with E-state index in [4.69, 9.17) is 10.5 Å². The second-order valence-electron chi connectivity index (χ2n) is 4.91. The first kappa shape index (κ1) is 14.5. The van der Waals surface area contributed by atoms with Crippen molar-refractivity contribution in [2.75, 3.05) is 19.8 Å². The fourth-order valence-corrected chi connectivity index (χ4v) is 2.34. The molecule has 1 rings (SSSR count). The van der Waals surface area contributed by atoms with Crippen LogP contribution in [0.2, 0.25) is 0 Å². The number of carbonyl (C=O) groups excluding carboxylic acids is 1. The van der Waals surface area contributed by atoms with Crippen LogP contribution in [0.3, 0.4) is 0 Å². The molecule has 4 heteroatoms. The highest BCUT2D eigenvalue weighted by atomic mass is 16.5. The molecule has 0 aromatic rings. The van der Waals surface area contributed by atoms with Gasteiger partial charge in [0.1, 0.15) is 0 Å². The number of hydrogen-bond acceptors (Lipinski definition) is 3. The monoisotopic (exact) mass is 242 g/mol. The Balaban J connectivity index is 2.56. The van der Waals surface area contributed by atoms with Crippen LogP contribution in [0.5, 0.6) is 0 Å². The van der Waals surface area contributed by atoms with Gasteiger partial charge in [-0.1, -0.05) is 13.8 Å². The van der Waals surface area contributed by atoms with E-state index in [1.54, 1.807) is 0 Å². The predicted molar refractivity (Wildman–Crippen MR) is 68.7 cm³/mol. The van der Waals surface area contributed by atoms with Gasteiger partial charge in [-0.15, -0.1) is 0 Å². The van der Waals surface area contributed by atoms with Gasteiger partial charge in [-0.2, -0.15) is 0 Å². The summed E-state index contributed by atoms with van der Waals surface area (Å²) in [5.41, 5.74) is 5.40. The first-order valence-corrected chi connectivity index (χ1v) is 6.77. The fraction of sp³-hybridized carbons (Fsp3) is 0.923. The molecular formula is C13H26N2O2. The summed E-state index contributed by atoms with van der Waals surface area (Å²) in [5, 5.41) is 3.15. The minimum Gasteiger partial charge on any atom is -0.381 e. The maximum absolute atomic E-state index is 12.3. The maximum Gasteiger partial charge on any atom is 0.227 e. The molecule has 17 heavy (non-hydrogen) atoms. The number of amides is 1. The minimum atomic E-state index is -0.382. The zero-order valence-electron chi connectivity index (χ0n) is 11.1. The van der Waals surface area contributed by atoms with Crippen LogP contribution < -0.4 is 11.1 Å². The van der Waals surface area contributed by atoms with Crippen LogP contribution >= 0.6 is 0 Å². The van der Waals surface area contributed by atoms with Crippen LogP contribution in [-0.2, 0) is 9.53 Å². The summed E-state index contributed by atoms with van der Waals surface area (Å²) in [6.45, 7) is 6.06. The van der Waals surface area contributed by atoms with Crippen molar-refractivity contribution in [3.05, 3.63) is 0 Å². The number of ether oxygens (including phenoxy) is 1. The quantitative estimate of drug-likeness (QED) is 0.766. The van der Waals surface area contributed by atoms with Crippen LogP contribution in [0.15, 0.2) is 0 Å². The highest BCUT2D eigenvalue weighted by Crippen LogP contribution is 2.25. The van der Waals surface area contributed by atoms with Crippen LogP contribution in [0.25, 0.3) is 0 Å². The maximum atomic E-state index is 12.3. The number of hydrogen-bond donors (Lipinski definition) is 2. The number of nitrogens with two attached hydrogens (primary N) is 1. The lowest BCUT2D eigenvalue weighted by molar-refractivity contribution is -0.131. The zero-order chi connectivity index (χ0) is 12.7. The molecule has 0 aromatic carbocycles. The smallest absolute Gasteiger partial charge is 0.227 e. The van der Waals surface area contributed by atoms with Gasteiger partial charge in [-0.25, -0.2) is 0 Å². The third kappa shape index (κ3) is 3.68. The molecule has 1 amide bonds. The van der Waals surface area contributed by atoms with Crippen LogP contribution in [0, 0.1) is 5.41 Å². The minimum absolute atomic E-state index is 0.122. The molecule has 3 N–H and O–H groups in total. The Bertz CT molecular complexity index is 223. The van der Waals surface area contributed by atoms with E-state index in [1.165, 1.54) is 0 Å². The Morgan fingerprint density at radius 1 is 1.35 bits per heavy atom. The van der Waals surface area contributed by atoms with E-state index in [0.29, 0.717) is 6.54 Å². The summed E-state index contributed by atoms with van der Waals surface area (Å²) < 4.78 is 5.39. The van der Waals surface area contributed by atoms with Gasteiger partial charge in [-0.3, -0.25) is 4.79 Å². The van der Waals surface area contributed by atoms with Gasteiger partial charge in [0, 0.05) is 25.8 Å². The fourth-order valence-electron chi connectivity index (χ4n) is 2.34. The van der Waals surface area contributed by atoms with Crippen molar-refractivity contribution in [3.8, 4) is 0 Å². The molecule has 1 unspecified atom stereocenters. The lowest BCUT2D eigenvalue weighted by atomic mass is 9.81. The number of nitrogens with one attached hydrogen (secondary N) is 1. The Morgan fingerprint density at radius 2 is 2.06 bits per heavy atom. The van der Waals surface area contributed by atoms with Gasteiger partial charge in [0.2, 0.25) is 5.91 Å². The summed E-state index contributed by atoms with van der Waals surface area (Å²) in [7, 11) is 0. The summed E-state index contributed by atoms with van der Waals surface area (Å²) in [6, 6.07) is 0.258. The Hall–Kier alpha value is -0.610. The molecule has 1 aliphatic heterocycles. The van der Waals surface area contributed by atoms with Gasteiger partial charge < -0.3 is 15.8 Å². The predicted octanol–water partition coefficient (Wildman–Crippen LogP) is 1.44. The molecule has 0 saturated carbocycles. The summed E-state index contributed by atoms with van der Waals surface area (Å²) in [4.78, 5) is 12.3. The lowest BCUT2D eigenvalue weighted by Gasteiger charge is -2.30. The Labute approximate surface area is 104 Å². The molecule has 4 nitrogen and oxygen atoms in total. The molecule has 1 saturated heterocycles. The van der Waals surface area contributed by atoms with Gasteiger partial charge >= 0.3 is 0 Å². The zero-order valence-corrected chi connectivity index (χ0v) is 11.1. The van der Waals surface area contributed by atoms with Crippen LogP contribution in [-0.4, -0.2) is 31.7 Å². The van der Waals surface area contributed by atoms with Gasteiger partial charge in [-0.05, 0) is 32.1 Å². The van der Waals surface area contributed by atoms with Gasteiger partial charge in [0.25, 0.3) is 0 Å². The van der Waals surface area contributed by atoms with Gasteiger partial charge in [0.05, 0.1) is 5.41 Å². The highest BCUT2D eigenvalue weighted by Gasteiger charge is 2.34. The second-order valence-corrected chi connectivity index (χ2v) is 4.91. The van der Waals surface area contributed by atoms with Gasteiger partial charge in [0.15, 0.2) is 0 Å². The largest absolute Gasteiger partial charge is 0.381 e. The van der Waals surface area contributed by atoms with Crippen molar-refractivity contribution in [2.45, 2.75) is 52.0 Å². The average Bonchev–Trinajstić information content (AvgIpc) is 2.61. The molecule has 1 heterocycles. The molecule has 1 atom stereocenters. The van der Waals surface area contributed by atoms with E-state index < -0.39 is 0 Å². The standard InChI is InChI=1S/C13H26N2O2/c1-3-13(4-2,10-14)12(16)15-11-6-5-8-17-9-7-11/h11H,3-10,14H2,1-2H3,(H,15,16). The molecule has 0 aromatic heterocycles. The van der Waals surface area contributed by atoms with E-state index >= 15 is 0 Å². The molecule has 0 radical (unpaired) electrons. The van der Waals surface area contributed by atoms with Crippen LogP contribution in [0.1, 0.15) is 46.0 Å². The first-order valence-electron chi connectivity index (χ1n) is 6.77. The van der Waals surface area contributed by atoms with Crippen molar-refractivity contribution in [3.63, 3.8) is 0 Å². The molecule has 0 spiro atoms. The molecule has 100 valence electrons. The third-order valence-corrected chi connectivity index (χ3v) is 4.01. The van der Waals surface area contributed by atoms with Crippen molar-refractivity contribution >= 4 is 5.91 Å². The van der Waals surface area contributed by atoms with E-state index in [0.717, 1.165) is 45.3 Å². The first-order chi connectivity index (χ1) is 8.18. The molecule has 0 bridgehead atoms. The summed E-state index contributed by atoms with van der Waals surface area (Å²) >= 11 is 0. The van der Waals surface area contributed by atoms with E-state index in [2.05, 4.69) is 5.32 Å². The van der Waals surface area contributed by atoms with Crippen molar-refractivity contribution in [1.29, 1.82) is 0 Å². The third-order valence-electron chi connectivity index (χ3n) is 4.01. The summed E-state index contributed by atoms with van der Waals surface area (Å²) in [6.07, 6.45) is 4.56. The highest BCUT2D eigenvalue weighted by molar-refractivity contribution is 5.83. The Morgan fingerprint density at radius 3 is 2.65 bits per heavy atom. The number of carbonyl (C=O) groups is 1. The molecular weight excluding hydrogens is 216 g/mol. The van der Waals surface area contributed by atoms with E-state index in [9.17, 15) is 4.79 Å². The second kappa shape index (κ2) is 6.97. The molecule has 1 aliphatic rings. The van der Waals surface area contributed by atoms with Crippen molar-refractivity contribution in [2.24, 2.45) is 11.1 Å². The molecule has 1 fully saturated rings. The summed E-state index contributed by atoms with van der Waals surface area (Å²) in [5.74, 6) is 0.122. The van der Waals surface area contributed by atoms with Crippen molar-refractivity contribution < 1.29 is 9.53 Å². The van der Waals surface area contributed by atoms with Crippen molar-refractivity contribution in [1.82, 2.24) is 5.32 Å². The topological polar surface area (TPSA) is 64.4 Å². The normalized spacial score (nSPS) is 21.9. The van der Waals surface area contributed by atoms with Crippen LogP contribution in [0.4, 0.5) is 0 Å². The number of rotatable bonds is 5. The Kier molecular flexibility index (Phi) is 5.92. The average molecular weight is 242 g/mol. The van der Waals surface area contributed by atoms with E-state index in [1.807, 2.05) is 13.8 Å². The SMILES string of the molecule is CCC(CC)(CN)C(=O)NC1CCCOCC1.